The van der Waals surface area contributed by atoms with Crippen molar-refractivity contribution in [1.82, 2.24) is 0 Å². The van der Waals surface area contributed by atoms with Crippen molar-refractivity contribution in [2.24, 2.45) is 0 Å². The van der Waals surface area contributed by atoms with Gasteiger partial charge >= 0.3 is 5.97 Å². The molecular formula is C18H14N2O5. The van der Waals surface area contributed by atoms with Crippen LogP contribution in [0, 0.1) is 0 Å². The summed E-state index contributed by atoms with van der Waals surface area (Å²) in [5.74, 6) is -1.52. The number of hydrogen-bond acceptors (Lipinski definition) is 5. The highest BCUT2D eigenvalue weighted by Crippen LogP contribution is 2.31. The molecule has 7 nitrogen and oxygen atoms in total. The first-order chi connectivity index (χ1) is 11.9. The monoisotopic (exact) mass is 338 g/mol. The van der Waals surface area contributed by atoms with Gasteiger partial charge in [0.25, 0.3) is 11.8 Å². The van der Waals surface area contributed by atoms with Crippen LogP contribution in [0.2, 0.25) is 0 Å². The summed E-state index contributed by atoms with van der Waals surface area (Å²) in [6, 6.07) is 10.7. The minimum absolute atomic E-state index is 0.203. The molecule has 0 fully saturated rings. The van der Waals surface area contributed by atoms with Gasteiger partial charge in [0.15, 0.2) is 0 Å². The Bertz CT molecular complexity index is 919. The Hall–Kier alpha value is -3.48. The lowest BCUT2D eigenvalue weighted by atomic mass is 10.1. The number of anilines is 2. The first-order valence-corrected chi connectivity index (χ1v) is 7.45. The predicted octanol–water partition coefficient (Wildman–Crippen LogP) is 2.37. The van der Waals surface area contributed by atoms with Gasteiger partial charge in [0.1, 0.15) is 5.75 Å². The Morgan fingerprint density at radius 2 is 1.68 bits per heavy atom. The van der Waals surface area contributed by atoms with Crippen molar-refractivity contribution in [3.8, 4) is 5.75 Å². The molecule has 1 heterocycles. The van der Waals surface area contributed by atoms with E-state index < -0.39 is 17.8 Å². The summed E-state index contributed by atoms with van der Waals surface area (Å²) in [7, 11) is 0. The molecule has 0 aliphatic carbocycles. The molecule has 1 aliphatic heterocycles. The molecule has 0 atom stereocenters. The van der Waals surface area contributed by atoms with Gasteiger partial charge in [0, 0.05) is 25.6 Å². The number of fused-ring (bicyclic) bond motifs is 1. The molecule has 2 aromatic carbocycles. The largest absolute Gasteiger partial charge is 0.427 e. The topological polar surface area (TPSA) is 92.8 Å². The van der Waals surface area contributed by atoms with Gasteiger partial charge in [-0.2, -0.15) is 0 Å². The Labute approximate surface area is 143 Å². The number of carbonyl (C=O) groups is 4. The lowest BCUT2D eigenvalue weighted by molar-refractivity contribution is -0.131. The van der Waals surface area contributed by atoms with Gasteiger partial charge in [-0.3, -0.25) is 19.2 Å². The fraction of sp³-hybridized carbons (Fsp3) is 0.111. The number of rotatable bonds is 3. The molecule has 25 heavy (non-hydrogen) atoms. The van der Waals surface area contributed by atoms with E-state index in [2.05, 4.69) is 5.32 Å². The van der Waals surface area contributed by atoms with Crippen LogP contribution >= 0.6 is 0 Å². The molecule has 0 radical (unpaired) electrons. The summed E-state index contributed by atoms with van der Waals surface area (Å²) in [6.07, 6.45) is 0. The number of benzene rings is 2. The second-order valence-corrected chi connectivity index (χ2v) is 5.48. The third-order valence-corrected chi connectivity index (χ3v) is 3.54. The molecule has 126 valence electrons. The van der Waals surface area contributed by atoms with Gasteiger partial charge in [-0.05, 0) is 30.3 Å². The lowest BCUT2D eigenvalue weighted by Gasteiger charge is -2.14. The molecule has 0 saturated heterocycles. The summed E-state index contributed by atoms with van der Waals surface area (Å²) in [4.78, 5) is 48.5. The van der Waals surface area contributed by atoms with Crippen molar-refractivity contribution in [3.05, 3.63) is 53.6 Å². The molecule has 1 aliphatic rings. The first-order valence-electron chi connectivity index (χ1n) is 7.45. The lowest BCUT2D eigenvalue weighted by Crippen LogP contribution is -2.29. The Morgan fingerprint density at radius 1 is 0.960 bits per heavy atom. The van der Waals surface area contributed by atoms with Crippen LogP contribution in [0.4, 0.5) is 11.4 Å². The molecule has 3 rings (SSSR count). The van der Waals surface area contributed by atoms with Crippen molar-refractivity contribution >= 4 is 35.1 Å². The standard InChI is InChI=1S/C18H14N2O5/c1-10(21)19-12-6-7-15-16(8-12)18(24)20(17(15)23)13-4-3-5-14(9-13)25-11(2)22/h3-9H,1-2H3,(H,19,21). The molecule has 1 N–H and O–H groups in total. The van der Waals surface area contributed by atoms with Crippen LogP contribution in [-0.4, -0.2) is 23.7 Å². The maximum absolute atomic E-state index is 12.7. The smallest absolute Gasteiger partial charge is 0.308 e. The highest BCUT2D eigenvalue weighted by Gasteiger charge is 2.37. The fourth-order valence-corrected chi connectivity index (χ4v) is 2.61. The van der Waals surface area contributed by atoms with Gasteiger partial charge < -0.3 is 10.1 Å². The highest BCUT2D eigenvalue weighted by atomic mass is 16.5. The minimum atomic E-state index is -0.507. The van der Waals surface area contributed by atoms with Gasteiger partial charge in [0.2, 0.25) is 5.91 Å². The van der Waals surface area contributed by atoms with Crippen LogP contribution in [0.1, 0.15) is 34.6 Å². The molecule has 0 unspecified atom stereocenters. The SMILES string of the molecule is CC(=O)Nc1ccc2c(c1)C(=O)N(c1cccc(OC(C)=O)c1)C2=O. The second-order valence-electron chi connectivity index (χ2n) is 5.48. The quantitative estimate of drug-likeness (QED) is 0.527. The molecule has 0 aromatic heterocycles. The van der Waals surface area contributed by atoms with Crippen LogP contribution in [0.3, 0.4) is 0 Å². The number of amides is 3. The van der Waals surface area contributed by atoms with E-state index in [1.807, 2.05) is 0 Å². The number of ether oxygens (including phenoxy) is 1. The second kappa shape index (κ2) is 6.20. The Morgan fingerprint density at radius 3 is 2.36 bits per heavy atom. The van der Waals surface area contributed by atoms with E-state index in [1.54, 1.807) is 24.3 Å². The van der Waals surface area contributed by atoms with Gasteiger partial charge in [0.05, 0.1) is 16.8 Å². The Balaban J connectivity index is 1.97. The number of esters is 1. The van der Waals surface area contributed by atoms with E-state index in [1.165, 1.54) is 32.0 Å². The van der Waals surface area contributed by atoms with Gasteiger partial charge in [-0.1, -0.05) is 6.07 Å². The van der Waals surface area contributed by atoms with Crippen LogP contribution < -0.4 is 15.0 Å². The molecule has 2 aromatic rings. The average molecular weight is 338 g/mol. The van der Waals surface area contributed by atoms with Crippen molar-refractivity contribution in [1.29, 1.82) is 0 Å². The van der Waals surface area contributed by atoms with E-state index in [4.69, 9.17) is 4.74 Å². The summed E-state index contributed by atoms with van der Waals surface area (Å²) in [5, 5.41) is 2.58. The number of hydrogen-bond donors (Lipinski definition) is 1. The summed E-state index contributed by atoms with van der Waals surface area (Å²) < 4.78 is 4.99. The van der Waals surface area contributed by atoms with Gasteiger partial charge in [-0.15, -0.1) is 0 Å². The van der Waals surface area contributed by atoms with Crippen molar-refractivity contribution in [2.45, 2.75) is 13.8 Å². The summed E-state index contributed by atoms with van der Waals surface area (Å²) in [6.45, 7) is 2.62. The van der Waals surface area contributed by atoms with E-state index in [-0.39, 0.29) is 22.8 Å². The third kappa shape index (κ3) is 3.12. The molecule has 0 spiro atoms. The van der Waals surface area contributed by atoms with E-state index >= 15 is 0 Å². The summed E-state index contributed by atoms with van der Waals surface area (Å²) in [5.41, 5.74) is 1.18. The summed E-state index contributed by atoms with van der Waals surface area (Å²) >= 11 is 0. The number of carbonyl (C=O) groups excluding carboxylic acids is 4. The number of imide groups is 1. The van der Waals surface area contributed by atoms with Crippen molar-refractivity contribution in [3.63, 3.8) is 0 Å². The number of nitrogens with one attached hydrogen (secondary N) is 1. The Kier molecular flexibility index (Phi) is 4.06. The van der Waals surface area contributed by atoms with E-state index in [9.17, 15) is 19.2 Å². The molecule has 7 heteroatoms. The molecule has 0 bridgehead atoms. The first kappa shape index (κ1) is 16.4. The highest BCUT2D eigenvalue weighted by molar-refractivity contribution is 6.34. The normalized spacial score (nSPS) is 12.8. The molecule has 0 saturated carbocycles. The average Bonchev–Trinajstić information content (AvgIpc) is 2.77. The predicted molar refractivity (Wildman–Crippen MR) is 89.6 cm³/mol. The van der Waals surface area contributed by atoms with Crippen LogP contribution in [0.5, 0.6) is 5.75 Å². The van der Waals surface area contributed by atoms with Crippen LogP contribution in [0.25, 0.3) is 0 Å². The van der Waals surface area contributed by atoms with Crippen molar-refractivity contribution in [2.75, 3.05) is 10.2 Å². The zero-order valence-corrected chi connectivity index (χ0v) is 13.5. The van der Waals surface area contributed by atoms with Crippen LogP contribution in [0.15, 0.2) is 42.5 Å². The van der Waals surface area contributed by atoms with E-state index in [0.717, 1.165) is 4.90 Å². The fourth-order valence-electron chi connectivity index (χ4n) is 2.61. The zero-order valence-electron chi connectivity index (χ0n) is 13.5. The molecular weight excluding hydrogens is 324 g/mol. The maximum atomic E-state index is 12.7. The van der Waals surface area contributed by atoms with Gasteiger partial charge in [-0.25, -0.2) is 4.90 Å². The van der Waals surface area contributed by atoms with Crippen molar-refractivity contribution < 1.29 is 23.9 Å². The number of nitrogens with zero attached hydrogens (tertiary/aromatic N) is 1. The minimum Gasteiger partial charge on any atom is -0.427 e. The molecule has 3 amide bonds. The maximum Gasteiger partial charge on any atom is 0.308 e. The van der Waals surface area contributed by atoms with E-state index in [0.29, 0.717) is 11.4 Å². The zero-order chi connectivity index (χ0) is 18.1. The van der Waals surface area contributed by atoms with Crippen LogP contribution in [-0.2, 0) is 9.59 Å². The third-order valence-electron chi connectivity index (χ3n) is 3.54.